The van der Waals surface area contributed by atoms with Crippen molar-refractivity contribution >= 4 is 5.69 Å². The monoisotopic (exact) mass is 269 g/mol. The number of anilines is 1. The molecule has 0 bridgehead atoms. The Morgan fingerprint density at radius 1 is 0.895 bits per heavy atom. The highest BCUT2D eigenvalue weighted by Gasteiger charge is 2.11. The normalized spacial score (nSPS) is 10.5. The number of phenolic OH excluding ortho intramolecular Hbond substituents is 2. The van der Waals surface area contributed by atoms with Gasteiger partial charge >= 0.3 is 0 Å². The highest BCUT2D eigenvalue weighted by Crippen LogP contribution is 2.26. The Hall–Kier alpha value is -2.37. The van der Waals surface area contributed by atoms with Crippen LogP contribution in [0.3, 0.4) is 0 Å². The van der Waals surface area contributed by atoms with Crippen molar-refractivity contribution < 1.29 is 23.4 Å². The van der Waals surface area contributed by atoms with E-state index in [9.17, 15) is 18.3 Å². The van der Waals surface area contributed by atoms with Crippen LogP contribution in [0.25, 0.3) is 0 Å². The molecule has 0 amide bonds. The van der Waals surface area contributed by atoms with Crippen LogP contribution in [-0.4, -0.2) is 10.2 Å². The summed E-state index contributed by atoms with van der Waals surface area (Å²) in [5.41, 5.74) is 0.0485. The molecular formula is C13H10F3NO2. The molecule has 100 valence electrons. The summed E-state index contributed by atoms with van der Waals surface area (Å²) in [6, 6.07) is 5.12. The van der Waals surface area contributed by atoms with Gasteiger partial charge in [0.2, 0.25) is 0 Å². The predicted molar refractivity (Wildman–Crippen MR) is 63.4 cm³/mol. The van der Waals surface area contributed by atoms with Crippen LogP contribution >= 0.6 is 0 Å². The zero-order valence-electron chi connectivity index (χ0n) is 9.62. The third kappa shape index (κ3) is 2.90. The van der Waals surface area contributed by atoms with E-state index in [2.05, 4.69) is 5.32 Å². The summed E-state index contributed by atoms with van der Waals surface area (Å²) in [6.07, 6.45) is 0. The van der Waals surface area contributed by atoms with Crippen molar-refractivity contribution in [1.29, 1.82) is 0 Å². The van der Waals surface area contributed by atoms with Gasteiger partial charge in [0, 0.05) is 18.7 Å². The SMILES string of the molecule is Oc1ccc(CNc2c(F)cc(F)cc2F)cc1O. The first-order valence-corrected chi connectivity index (χ1v) is 5.36. The molecule has 2 aromatic rings. The highest BCUT2D eigenvalue weighted by molar-refractivity contribution is 5.48. The Kier molecular flexibility index (Phi) is 3.50. The van der Waals surface area contributed by atoms with Crippen molar-refractivity contribution in [3.8, 4) is 11.5 Å². The Balaban J connectivity index is 2.16. The van der Waals surface area contributed by atoms with Crippen molar-refractivity contribution in [2.75, 3.05) is 5.32 Å². The molecule has 0 unspecified atom stereocenters. The number of benzene rings is 2. The maximum Gasteiger partial charge on any atom is 0.157 e. The molecule has 0 aromatic heterocycles. The van der Waals surface area contributed by atoms with Crippen LogP contribution in [0.2, 0.25) is 0 Å². The van der Waals surface area contributed by atoms with E-state index >= 15 is 0 Å². The Morgan fingerprint density at radius 2 is 1.53 bits per heavy atom. The second-order valence-corrected chi connectivity index (χ2v) is 3.92. The largest absolute Gasteiger partial charge is 0.504 e. The summed E-state index contributed by atoms with van der Waals surface area (Å²) in [4.78, 5) is 0. The molecule has 2 aromatic carbocycles. The van der Waals surface area contributed by atoms with Crippen molar-refractivity contribution in [1.82, 2.24) is 0 Å². The quantitative estimate of drug-likeness (QED) is 0.750. The highest BCUT2D eigenvalue weighted by atomic mass is 19.1. The van der Waals surface area contributed by atoms with Crippen molar-refractivity contribution in [3.05, 3.63) is 53.3 Å². The van der Waals surface area contributed by atoms with E-state index in [1.165, 1.54) is 18.2 Å². The van der Waals surface area contributed by atoms with Gasteiger partial charge in [-0.2, -0.15) is 0 Å². The summed E-state index contributed by atoms with van der Waals surface area (Å²) < 4.78 is 39.4. The van der Waals surface area contributed by atoms with E-state index in [1.54, 1.807) is 0 Å². The Bertz CT molecular complexity index is 594. The molecule has 0 radical (unpaired) electrons. The maximum atomic E-state index is 13.3. The smallest absolute Gasteiger partial charge is 0.157 e. The summed E-state index contributed by atoms with van der Waals surface area (Å²) in [5.74, 6) is -3.70. The lowest BCUT2D eigenvalue weighted by molar-refractivity contribution is 0.403. The number of halogens is 3. The molecule has 0 aliphatic heterocycles. The fourth-order valence-electron chi connectivity index (χ4n) is 1.58. The lowest BCUT2D eigenvalue weighted by atomic mass is 10.2. The lowest BCUT2D eigenvalue weighted by Crippen LogP contribution is -2.04. The van der Waals surface area contributed by atoms with Gasteiger partial charge in [0.15, 0.2) is 23.1 Å². The predicted octanol–water partition coefficient (Wildman–Crippen LogP) is 3.13. The lowest BCUT2D eigenvalue weighted by Gasteiger charge is -2.09. The van der Waals surface area contributed by atoms with Crippen molar-refractivity contribution in [3.63, 3.8) is 0 Å². The molecule has 6 heteroatoms. The second kappa shape index (κ2) is 5.09. The van der Waals surface area contributed by atoms with Gasteiger partial charge in [-0.25, -0.2) is 13.2 Å². The van der Waals surface area contributed by atoms with Crippen molar-refractivity contribution in [2.45, 2.75) is 6.54 Å². The standard InChI is InChI=1S/C13H10F3NO2/c14-8-4-9(15)13(10(16)5-8)17-6-7-1-2-11(18)12(19)3-7/h1-5,17-19H,6H2. The number of hydrogen-bond acceptors (Lipinski definition) is 3. The van der Waals surface area contributed by atoms with E-state index < -0.39 is 23.1 Å². The van der Waals surface area contributed by atoms with Gasteiger partial charge in [-0.1, -0.05) is 6.07 Å². The summed E-state index contributed by atoms with van der Waals surface area (Å²) >= 11 is 0. The van der Waals surface area contributed by atoms with E-state index in [1.807, 2.05) is 0 Å². The third-order valence-electron chi connectivity index (χ3n) is 2.52. The van der Waals surface area contributed by atoms with Crippen LogP contribution in [0.15, 0.2) is 30.3 Å². The summed E-state index contributed by atoms with van der Waals surface area (Å²) in [5, 5.41) is 20.8. The molecule has 19 heavy (non-hydrogen) atoms. The molecule has 0 saturated carbocycles. The van der Waals surface area contributed by atoms with Gasteiger partial charge in [-0.3, -0.25) is 0 Å². The molecule has 3 nitrogen and oxygen atoms in total. The molecule has 0 aliphatic rings. The molecule has 0 heterocycles. The van der Waals surface area contributed by atoms with Gasteiger partial charge < -0.3 is 15.5 Å². The second-order valence-electron chi connectivity index (χ2n) is 3.92. The van der Waals surface area contributed by atoms with E-state index in [0.717, 1.165) is 0 Å². The van der Waals surface area contributed by atoms with Crippen LogP contribution in [-0.2, 0) is 6.54 Å². The molecule has 0 spiro atoms. The topological polar surface area (TPSA) is 52.5 Å². The van der Waals surface area contributed by atoms with Gasteiger partial charge in [-0.15, -0.1) is 0 Å². The van der Waals surface area contributed by atoms with Gasteiger partial charge in [0.05, 0.1) is 0 Å². The van der Waals surface area contributed by atoms with Crippen LogP contribution in [0.4, 0.5) is 18.9 Å². The Morgan fingerprint density at radius 3 is 2.11 bits per heavy atom. The summed E-state index contributed by atoms with van der Waals surface area (Å²) in [6.45, 7) is 0.00725. The van der Waals surface area contributed by atoms with Crippen LogP contribution in [0.5, 0.6) is 11.5 Å². The molecule has 0 saturated heterocycles. The van der Waals surface area contributed by atoms with Crippen LogP contribution in [0.1, 0.15) is 5.56 Å². The molecule has 0 aliphatic carbocycles. The van der Waals surface area contributed by atoms with E-state index in [4.69, 9.17) is 5.11 Å². The van der Waals surface area contributed by atoms with Crippen LogP contribution in [0, 0.1) is 17.5 Å². The molecule has 3 N–H and O–H groups in total. The zero-order chi connectivity index (χ0) is 14.0. The van der Waals surface area contributed by atoms with E-state index in [-0.39, 0.29) is 18.0 Å². The number of phenols is 2. The van der Waals surface area contributed by atoms with Gasteiger partial charge in [-0.05, 0) is 17.7 Å². The van der Waals surface area contributed by atoms with Gasteiger partial charge in [0.1, 0.15) is 11.5 Å². The number of rotatable bonds is 3. The minimum absolute atomic E-state index is 0.00725. The van der Waals surface area contributed by atoms with Crippen molar-refractivity contribution in [2.24, 2.45) is 0 Å². The number of hydrogen-bond donors (Lipinski definition) is 3. The maximum absolute atomic E-state index is 13.3. The molecule has 2 rings (SSSR count). The fraction of sp³-hybridized carbons (Fsp3) is 0.0769. The first-order valence-electron chi connectivity index (χ1n) is 5.36. The Labute approximate surface area is 106 Å². The van der Waals surface area contributed by atoms with Crippen LogP contribution < -0.4 is 5.32 Å². The minimum Gasteiger partial charge on any atom is -0.504 e. The first-order chi connectivity index (χ1) is 8.97. The summed E-state index contributed by atoms with van der Waals surface area (Å²) in [7, 11) is 0. The zero-order valence-corrected chi connectivity index (χ0v) is 9.62. The number of aromatic hydroxyl groups is 2. The molecule has 0 atom stereocenters. The average molecular weight is 269 g/mol. The number of nitrogens with one attached hydrogen (secondary N) is 1. The van der Waals surface area contributed by atoms with Gasteiger partial charge in [0.25, 0.3) is 0 Å². The molecule has 0 fully saturated rings. The minimum atomic E-state index is -1.04. The first kappa shape index (κ1) is 13.1. The van der Waals surface area contributed by atoms with E-state index in [0.29, 0.717) is 17.7 Å². The fourth-order valence-corrected chi connectivity index (χ4v) is 1.58. The average Bonchev–Trinajstić information content (AvgIpc) is 2.32. The molecular weight excluding hydrogens is 259 g/mol. The third-order valence-corrected chi connectivity index (χ3v) is 2.52.